The number of methoxy groups -OCH3 is 1. The van der Waals surface area contributed by atoms with E-state index in [0.717, 1.165) is 35.1 Å². The highest BCUT2D eigenvalue weighted by atomic mass is 32.1. The van der Waals surface area contributed by atoms with Crippen molar-refractivity contribution >= 4 is 17.3 Å². The molecule has 0 radical (unpaired) electrons. The van der Waals surface area contributed by atoms with Gasteiger partial charge in [0.15, 0.2) is 0 Å². The van der Waals surface area contributed by atoms with Crippen LogP contribution in [0.15, 0.2) is 29.6 Å². The average molecular weight is 362 g/mol. The van der Waals surface area contributed by atoms with Crippen molar-refractivity contribution in [2.75, 3.05) is 26.8 Å². The van der Waals surface area contributed by atoms with E-state index < -0.39 is 0 Å². The number of thiazole rings is 1. The first-order valence-corrected chi connectivity index (χ1v) is 9.43. The van der Waals surface area contributed by atoms with Gasteiger partial charge in [0.2, 0.25) is 0 Å². The third-order valence-corrected chi connectivity index (χ3v) is 4.87. The van der Waals surface area contributed by atoms with Crippen LogP contribution in [-0.2, 0) is 16.1 Å². The zero-order valence-corrected chi connectivity index (χ0v) is 16.1. The molecule has 1 atom stereocenters. The third kappa shape index (κ3) is 5.54. The summed E-state index contributed by atoms with van der Waals surface area (Å²) in [4.78, 5) is 18.5. The van der Waals surface area contributed by atoms with Crippen molar-refractivity contribution in [3.63, 3.8) is 0 Å². The summed E-state index contributed by atoms with van der Waals surface area (Å²) in [5.41, 5.74) is 2.11. The molecule has 0 saturated carbocycles. The van der Waals surface area contributed by atoms with E-state index in [0.29, 0.717) is 13.2 Å². The first kappa shape index (κ1) is 19.4. The predicted octanol–water partition coefficient (Wildman–Crippen LogP) is 3.84. The van der Waals surface area contributed by atoms with Crippen molar-refractivity contribution < 1.29 is 14.3 Å². The minimum Gasteiger partial charge on any atom is -0.494 e. The highest BCUT2D eigenvalue weighted by molar-refractivity contribution is 7.13. The van der Waals surface area contributed by atoms with Crippen molar-refractivity contribution in [3.8, 4) is 16.3 Å². The van der Waals surface area contributed by atoms with Crippen LogP contribution < -0.4 is 4.74 Å². The lowest BCUT2D eigenvalue weighted by Crippen LogP contribution is -2.32. The molecule has 1 aromatic carbocycles. The Labute approximate surface area is 153 Å². The lowest BCUT2D eigenvalue weighted by molar-refractivity contribution is -0.145. The second kappa shape index (κ2) is 9.53. The van der Waals surface area contributed by atoms with Crippen molar-refractivity contribution in [2.24, 2.45) is 5.92 Å². The summed E-state index contributed by atoms with van der Waals surface area (Å²) in [6.45, 7) is 8.87. The zero-order valence-electron chi connectivity index (χ0n) is 15.3. The second-order valence-electron chi connectivity index (χ2n) is 5.85. The summed E-state index contributed by atoms with van der Waals surface area (Å²) in [6.07, 6.45) is 0. The van der Waals surface area contributed by atoms with Gasteiger partial charge in [0.25, 0.3) is 0 Å². The molecule has 6 heteroatoms. The highest BCUT2D eigenvalue weighted by Gasteiger charge is 2.17. The minimum atomic E-state index is -0.174. The third-order valence-electron chi connectivity index (χ3n) is 3.93. The summed E-state index contributed by atoms with van der Waals surface area (Å²) in [5.74, 6) is 0.554. The van der Waals surface area contributed by atoms with Gasteiger partial charge in [-0.2, -0.15) is 0 Å². The Bertz CT molecular complexity index is 670. The van der Waals surface area contributed by atoms with Gasteiger partial charge in [0, 0.05) is 24.0 Å². The Morgan fingerprint density at radius 2 is 2.00 bits per heavy atom. The van der Waals surface area contributed by atoms with E-state index in [-0.39, 0.29) is 11.9 Å². The Morgan fingerprint density at radius 1 is 1.28 bits per heavy atom. The van der Waals surface area contributed by atoms with Crippen LogP contribution in [-0.4, -0.2) is 42.7 Å². The predicted molar refractivity (Wildman–Crippen MR) is 101 cm³/mol. The van der Waals surface area contributed by atoms with Gasteiger partial charge >= 0.3 is 5.97 Å². The van der Waals surface area contributed by atoms with Gasteiger partial charge in [-0.05, 0) is 37.7 Å². The lowest BCUT2D eigenvalue weighted by atomic mass is 10.1. The standard InChI is InChI=1S/C19H26N2O3S/c1-5-21(11-14(3)19(22)23-4)12-16-13-25-18(20-16)15-7-9-17(10-8-15)24-6-2/h7-10,13-14H,5-6,11-12H2,1-4H3. The molecule has 25 heavy (non-hydrogen) atoms. The molecule has 0 N–H and O–H groups in total. The smallest absolute Gasteiger partial charge is 0.309 e. The maximum Gasteiger partial charge on any atom is 0.309 e. The minimum absolute atomic E-state index is 0.144. The molecule has 1 unspecified atom stereocenters. The van der Waals surface area contributed by atoms with E-state index in [1.807, 2.05) is 38.1 Å². The van der Waals surface area contributed by atoms with Crippen LogP contribution in [0.3, 0.4) is 0 Å². The van der Waals surface area contributed by atoms with Crippen LogP contribution in [0.4, 0.5) is 0 Å². The SMILES string of the molecule is CCOc1ccc(-c2nc(CN(CC)CC(C)C(=O)OC)cs2)cc1. The number of benzene rings is 1. The fourth-order valence-corrected chi connectivity index (χ4v) is 3.39. The van der Waals surface area contributed by atoms with Gasteiger partial charge < -0.3 is 9.47 Å². The number of carbonyl (C=O) groups is 1. The largest absolute Gasteiger partial charge is 0.494 e. The van der Waals surface area contributed by atoms with Crippen LogP contribution in [0.5, 0.6) is 5.75 Å². The fourth-order valence-electron chi connectivity index (χ4n) is 2.57. The summed E-state index contributed by atoms with van der Waals surface area (Å²) >= 11 is 1.63. The van der Waals surface area contributed by atoms with E-state index in [1.165, 1.54) is 7.11 Å². The van der Waals surface area contributed by atoms with Gasteiger partial charge in [-0.25, -0.2) is 4.98 Å². The number of esters is 1. The quantitative estimate of drug-likeness (QED) is 0.635. The maximum atomic E-state index is 11.6. The fraction of sp³-hybridized carbons (Fsp3) is 0.474. The molecule has 2 aromatic rings. The van der Waals surface area contributed by atoms with Crippen molar-refractivity contribution in [2.45, 2.75) is 27.3 Å². The monoisotopic (exact) mass is 362 g/mol. The van der Waals surface area contributed by atoms with E-state index in [1.54, 1.807) is 11.3 Å². The molecule has 0 aliphatic rings. The molecule has 136 valence electrons. The molecular weight excluding hydrogens is 336 g/mol. The topological polar surface area (TPSA) is 51.7 Å². The number of rotatable bonds is 9. The van der Waals surface area contributed by atoms with E-state index in [9.17, 15) is 4.79 Å². The maximum absolute atomic E-state index is 11.6. The van der Waals surface area contributed by atoms with Gasteiger partial charge in [-0.3, -0.25) is 9.69 Å². The molecule has 0 amide bonds. The number of carbonyl (C=O) groups excluding carboxylic acids is 1. The molecule has 0 saturated heterocycles. The Morgan fingerprint density at radius 3 is 2.60 bits per heavy atom. The van der Waals surface area contributed by atoms with E-state index in [2.05, 4.69) is 17.2 Å². The number of ether oxygens (including phenoxy) is 2. The summed E-state index contributed by atoms with van der Waals surface area (Å²) in [5, 5.41) is 3.08. The van der Waals surface area contributed by atoms with Crippen LogP contribution in [0.2, 0.25) is 0 Å². The van der Waals surface area contributed by atoms with Crippen LogP contribution >= 0.6 is 11.3 Å². The molecule has 1 aromatic heterocycles. The molecule has 2 rings (SSSR count). The molecule has 0 bridgehead atoms. The van der Waals surface area contributed by atoms with Crippen molar-refractivity contribution in [1.82, 2.24) is 9.88 Å². The van der Waals surface area contributed by atoms with Gasteiger partial charge in [0.1, 0.15) is 10.8 Å². The molecule has 5 nitrogen and oxygen atoms in total. The Hall–Kier alpha value is -1.92. The molecule has 0 aliphatic carbocycles. The second-order valence-corrected chi connectivity index (χ2v) is 6.71. The van der Waals surface area contributed by atoms with Crippen molar-refractivity contribution in [3.05, 3.63) is 35.3 Å². The molecule has 0 aliphatic heterocycles. The number of hydrogen-bond donors (Lipinski definition) is 0. The highest BCUT2D eigenvalue weighted by Crippen LogP contribution is 2.26. The van der Waals surface area contributed by atoms with E-state index >= 15 is 0 Å². The van der Waals surface area contributed by atoms with Gasteiger partial charge in [-0.15, -0.1) is 11.3 Å². The Balaban J connectivity index is 2.00. The van der Waals surface area contributed by atoms with Crippen LogP contribution in [0.25, 0.3) is 10.6 Å². The summed E-state index contributed by atoms with van der Waals surface area (Å²) in [7, 11) is 1.43. The molecular formula is C19H26N2O3S. The number of aromatic nitrogens is 1. The van der Waals surface area contributed by atoms with Gasteiger partial charge in [-0.1, -0.05) is 13.8 Å². The lowest BCUT2D eigenvalue weighted by Gasteiger charge is -2.22. The molecule has 1 heterocycles. The average Bonchev–Trinajstić information content (AvgIpc) is 3.09. The van der Waals surface area contributed by atoms with E-state index in [4.69, 9.17) is 14.5 Å². The Kier molecular flexibility index (Phi) is 7.40. The number of nitrogens with zero attached hydrogens (tertiary/aromatic N) is 2. The van der Waals surface area contributed by atoms with Gasteiger partial charge in [0.05, 0.1) is 25.3 Å². The normalized spacial score (nSPS) is 12.2. The number of hydrogen-bond acceptors (Lipinski definition) is 6. The molecule has 0 spiro atoms. The van der Waals surface area contributed by atoms with Crippen LogP contribution in [0.1, 0.15) is 26.5 Å². The zero-order chi connectivity index (χ0) is 18.2. The summed E-state index contributed by atoms with van der Waals surface area (Å²) in [6, 6.07) is 8.00. The van der Waals surface area contributed by atoms with Crippen LogP contribution in [0, 0.1) is 5.92 Å². The first-order chi connectivity index (χ1) is 12.1. The molecule has 0 fully saturated rings. The summed E-state index contributed by atoms with van der Waals surface area (Å²) < 4.78 is 10.3. The first-order valence-electron chi connectivity index (χ1n) is 8.55. The van der Waals surface area contributed by atoms with Crippen molar-refractivity contribution in [1.29, 1.82) is 0 Å².